The number of carbonyl (C=O) groups excluding carboxylic acids is 1. The van der Waals surface area contributed by atoms with E-state index in [0.29, 0.717) is 0 Å². The van der Waals surface area contributed by atoms with Crippen molar-refractivity contribution in [3.8, 4) is 0 Å². The van der Waals surface area contributed by atoms with Crippen LogP contribution in [0.15, 0.2) is 57.9 Å². The Morgan fingerprint density at radius 3 is 2.48 bits per heavy atom. The first-order chi connectivity index (χ1) is 12.9. The molecule has 7 heteroatoms. The number of hydrogen-bond donors (Lipinski definition) is 1. The van der Waals surface area contributed by atoms with Crippen molar-refractivity contribution < 1.29 is 13.2 Å². The molecule has 1 atom stereocenters. The number of sulfonamides is 1. The summed E-state index contributed by atoms with van der Waals surface area (Å²) in [5, 5.41) is 0. The van der Waals surface area contributed by atoms with Crippen molar-refractivity contribution in [2.75, 3.05) is 13.1 Å². The van der Waals surface area contributed by atoms with Gasteiger partial charge in [-0.2, -0.15) is 0 Å². The van der Waals surface area contributed by atoms with Gasteiger partial charge in [0, 0.05) is 24.0 Å². The van der Waals surface area contributed by atoms with Crippen LogP contribution in [0.1, 0.15) is 36.4 Å². The molecular formula is C20H23BrN2O3S. The monoisotopic (exact) mass is 450 g/mol. The maximum atomic E-state index is 12.6. The second-order valence-electron chi connectivity index (χ2n) is 6.76. The first-order valence-electron chi connectivity index (χ1n) is 8.98. The van der Waals surface area contributed by atoms with Crippen LogP contribution in [0.2, 0.25) is 0 Å². The molecule has 1 saturated heterocycles. The zero-order chi connectivity index (χ0) is 19.4. The van der Waals surface area contributed by atoms with E-state index in [1.54, 1.807) is 12.1 Å². The third-order valence-electron chi connectivity index (χ3n) is 4.79. The van der Waals surface area contributed by atoms with Gasteiger partial charge in [-0.1, -0.05) is 45.8 Å². The minimum absolute atomic E-state index is 0.0171. The number of nitrogens with one attached hydrogen (secondary N) is 1. The van der Waals surface area contributed by atoms with E-state index in [4.69, 9.17) is 0 Å². The molecule has 1 amide bonds. The van der Waals surface area contributed by atoms with Gasteiger partial charge in [0.1, 0.15) is 0 Å². The number of hydrogen-bond acceptors (Lipinski definition) is 3. The number of rotatable bonds is 6. The standard InChI is InChI=1S/C20H23BrN2O3S/c1-15-4-6-16(7-5-15)19-3-2-14-23(19)20(24)12-13-22-27(25,26)18-10-8-17(21)9-11-18/h4-11,19,22H,2-3,12-14H2,1H3. The van der Waals surface area contributed by atoms with E-state index in [9.17, 15) is 13.2 Å². The molecule has 1 N–H and O–H groups in total. The lowest BCUT2D eigenvalue weighted by atomic mass is 10.0. The quantitative estimate of drug-likeness (QED) is 0.727. The summed E-state index contributed by atoms with van der Waals surface area (Å²) >= 11 is 3.28. The first kappa shape index (κ1) is 20.0. The number of aryl methyl sites for hydroxylation is 1. The molecule has 1 fully saturated rings. The molecular weight excluding hydrogens is 428 g/mol. The normalized spacial score (nSPS) is 17.3. The Kier molecular flexibility index (Phi) is 6.34. The molecule has 0 aliphatic carbocycles. The lowest BCUT2D eigenvalue weighted by Gasteiger charge is -2.25. The number of carbonyl (C=O) groups is 1. The Bertz CT molecular complexity index is 896. The molecule has 0 bridgehead atoms. The number of benzene rings is 2. The Labute approximate surface area is 169 Å². The number of amides is 1. The molecule has 0 spiro atoms. The van der Waals surface area contributed by atoms with E-state index in [1.165, 1.54) is 17.7 Å². The molecule has 144 valence electrons. The van der Waals surface area contributed by atoms with Gasteiger partial charge in [0.15, 0.2) is 0 Å². The predicted molar refractivity (Wildman–Crippen MR) is 109 cm³/mol. The van der Waals surface area contributed by atoms with Crippen molar-refractivity contribution in [3.05, 3.63) is 64.1 Å². The van der Waals surface area contributed by atoms with Gasteiger partial charge in [0.05, 0.1) is 10.9 Å². The summed E-state index contributed by atoms with van der Waals surface area (Å²) in [6.07, 6.45) is 2.06. The first-order valence-corrected chi connectivity index (χ1v) is 11.3. The fourth-order valence-corrected chi connectivity index (χ4v) is 4.63. The fraction of sp³-hybridized carbons (Fsp3) is 0.350. The number of halogens is 1. The lowest BCUT2D eigenvalue weighted by Crippen LogP contribution is -2.34. The highest BCUT2D eigenvalue weighted by molar-refractivity contribution is 9.10. The maximum Gasteiger partial charge on any atom is 0.240 e. The van der Waals surface area contributed by atoms with Crippen molar-refractivity contribution in [2.24, 2.45) is 0 Å². The average Bonchev–Trinajstić information content (AvgIpc) is 3.12. The largest absolute Gasteiger partial charge is 0.336 e. The molecule has 0 aromatic heterocycles. The van der Waals surface area contributed by atoms with Crippen LogP contribution in [0.4, 0.5) is 0 Å². The highest BCUT2D eigenvalue weighted by atomic mass is 79.9. The van der Waals surface area contributed by atoms with Crippen LogP contribution in [0.3, 0.4) is 0 Å². The van der Waals surface area contributed by atoms with Gasteiger partial charge in [-0.05, 0) is 49.6 Å². The zero-order valence-corrected chi connectivity index (χ0v) is 17.6. The van der Waals surface area contributed by atoms with Gasteiger partial charge >= 0.3 is 0 Å². The third kappa shape index (κ3) is 4.97. The predicted octanol–water partition coefficient (Wildman–Crippen LogP) is 3.79. The fourth-order valence-electron chi connectivity index (χ4n) is 3.33. The Morgan fingerprint density at radius 1 is 1.15 bits per heavy atom. The van der Waals surface area contributed by atoms with E-state index in [1.807, 2.05) is 11.8 Å². The van der Waals surface area contributed by atoms with Gasteiger partial charge in [-0.15, -0.1) is 0 Å². The smallest absolute Gasteiger partial charge is 0.240 e. The van der Waals surface area contributed by atoms with Crippen LogP contribution in [0.25, 0.3) is 0 Å². The minimum Gasteiger partial charge on any atom is -0.336 e. The molecule has 1 aliphatic rings. The maximum absolute atomic E-state index is 12.6. The van der Waals surface area contributed by atoms with E-state index in [2.05, 4.69) is 44.9 Å². The van der Waals surface area contributed by atoms with Crippen molar-refractivity contribution >= 4 is 31.9 Å². The molecule has 2 aromatic carbocycles. The van der Waals surface area contributed by atoms with E-state index < -0.39 is 10.0 Å². The minimum atomic E-state index is -3.61. The zero-order valence-electron chi connectivity index (χ0n) is 15.2. The van der Waals surface area contributed by atoms with Gasteiger partial charge in [0.2, 0.25) is 15.9 Å². The van der Waals surface area contributed by atoms with Crippen LogP contribution < -0.4 is 4.72 Å². The van der Waals surface area contributed by atoms with Crippen LogP contribution in [0, 0.1) is 6.92 Å². The van der Waals surface area contributed by atoms with Crippen LogP contribution in [0.5, 0.6) is 0 Å². The molecule has 2 aromatic rings. The molecule has 27 heavy (non-hydrogen) atoms. The van der Waals surface area contributed by atoms with Gasteiger partial charge in [-0.3, -0.25) is 4.79 Å². The van der Waals surface area contributed by atoms with Gasteiger partial charge in [-0.25, -0.2) is 13.1 Å². The summed E-state index contributed by atoms with van der Waals surface area (Å²) in [7, 11) is -3.61. The second kappa shape index (κ2) is 8.54. The molecule has 1 unspecified atom stereocenters. The van der Waals surface area contributed by atoms with E-state index in [0.717, 1.165) is 29.4 Å². The second-order valence-corrected chi connectivity index (χ2v) is 9.44. The highest BCUT2D eigenvalue weighted by Gasteiger charge is 2.29. The van der Waals surface area contributed by atoms with Crippen molar-refractivity contribution in [1.82, 2.24) is 9.62 Å². The summed E-state index contributed by atoms with van der Waals surface area (Å²) in [6.45, 7) is 2.85. The highest BCUT2D eigenvalue weighted by Crippen LogP contribution is 2.32. The van der Waals surface area contributed by atoms with Crippen LogP contribution >= 0.6 is 15.9 Å². The van der Waals surface area contributed by atoms with Gasteiger partial charge < -0.3 is 4.90 Å². The molecule has 1 heterocycles. The van der Waals surface area contributed by atoms with Crippen LogP contribution in [-0.2, 0) is 14.8 Å². The average molecular weight is 451 g/mol. The molecule has 0 saturated carbocycles. The van der Waals surface area contributed by atoms with Crippen molar-refractivity contribution in [2.45, 2.75) is 37.1 Å². The summed E-state index contributed by atoms with van der Waals surface area (Å²) < 4.78 is 28.0. The van der Waals surface area contributed by atoms with Crippen LogP contribution in [-0.4, -0.2) is 32.3 Å². The topological polar surface area (TPSA) is 66.5 Å². The summed E-state index contributed by atoms with van der Waals surface area (Å²) in [4.78, 5) is 14.7. The Morgan fingerprint density at radius 2 is 1.81 bits per heavy atom. The summed E-state index contributed by atoms with van der Waals surface area (Å²) in [5.41, 5.74) is 2.33. The molecule has 3 rings (SSSR count). The Balaban J connectivity index is 1.58. The van der Waals surface area contributed by atoms with Crippen molar-refractivity contribution in [3.63, 3.8) is 0 Å². The van der Waals surface area contributed by atoms with Crippen molar-refractivity contribution in [1.29, 1.82) is 0 Å². The van der Waals surface area contributed by atoms with Gasteiger partial charge in [0.25, 0.3) is 0 Å². The third-order valence-corrected chi connectivity index (χ3v) is 6.80. The number of likely N-dealkylation sites (tertiary alicyclic amines) is 1. The van der Waals surface area contributed by atoms with E-state index >= 15 is 0 Å². The lowest BCUT2D eigenvalue weighted by molar-refractivity contribution is -0.131. The Hall–Kier alpha value is -1.70. The number of nitrogens with zero attached hydrogens (tertiary/aromatic N) is 1. The summed E-state index contributed by atoms with van der Waals surface area (Å²) in [6, 6.07) is 14.8. The molecule has 1 aliphatic heterocycles. The molecule has 0 radical (unpaired) electrons. The molecule has 5 nitrogen and oxygen atoms in total. The summed E-state index contributed by atoms with van der Waals surface area (Å²) in [5.74, 6) is -0.0171. The SMILES string of the molecule is Cc1ccc(C2CCCN2C(=O)CCNS(=O)(=O)c2ccc(Br)cc2)cc1. The van der Waals surface area contributed by atoms with E-state index in [-0.39, 0.29) is 29.8 Å².